The molecule has 0 aliphatic rings. The molecule has 140 valence electrons. The zero-order valence-corrected chi connectivity index (χ0v) is 16.8. The predicted molar refractivity (Wildman–Crippen MR) is 108 cm³/mol. The van der Waals surface area contributed by atoms with Gasteiger partial charge in [0.2, 0.25) is 0 Å². The average molecular weight is 376 g/mol. The normalized spacial score (nSPS) is 15.8. The SMILES string of the molecule is C/C(=C\c1ccc(Cl)cc1)C(O)(c1ccc(F)c(C)c1)C(C)CN(C)C. The van der Waals surface area contributed by atoms with Crippen LogP contribution in [-0.2, 0) is 5.60 Å². The maximum atomic E-state index is 13.8. The van der Waals surface area contributed by atoms with E-state index >= 15 is 0 Å². The second-order valence-electron chi connectivity index (χ2n) is 7.27. The lowest BCUT2D eigenvalue weighted by Crippen LogP contribution is -2.40. The average Bonchev–Trinajstić information content (AvgIpc) is 2.57. The van der Waals surface area contributed by atoms with Crippen LogP contribution < -0.4 is 0 Å². The van der Waals surface area contributed by atoms with Crippen molar-refractivity contribution >= 4 is 17.7 Å². The molecule has 0 spiro atoms. The smallest absolute Gasteiger partial charge is 0.126 e. The Morgan fingerprint density at radius 1 is 1.23 bits per heavy atom. The minimum atomic E-state index is -1.21. The number of rotatable bonds is 6. The second kappa shape index (κ2) is 8.34. The molecule has 0 saturated carbocycles. The lowest BCUT2D eigenvalue weighted by molar-refractivity contribution is 0.0104. The number of aliphatic hydroxyl groups is 1. The van der Waals surface area contributed by atoms with Gasteiger partial charge in [-0.15, -0.1) is 0 Å². The standard InChI is InChI=1S/C22H27ClFNO/c1-15-12-19(8-11-21(15)24)22(26,17(3)14-25(4)5)16(2)13-18-6-9-20(23)10-7-18/h6-13,17,26H,14H2,1-5H3/b16-13+. The summed E-state index contributed by atoms with van der Waals surface area (Å²) >= 11 is 5.96. The molecule has 2 unspecified atom stereocenters. The van der Waals surface area contributed by atoms with Crippen LogP contribution in [0.25, 0.3) is 6.08 Å². The van der Waals surface area contributed by atoms with Gasteiger partial charge in [0.05, 0.1) is 0 Å². The van der Waals surface area contributed by atoms with Gasteiger partial charge in [-0.3, -0.25) is 0 Å². The molecule has 0 aliphatic heterocycles. The Kier molecular flexibility index (Phi) is 6.62. The summed E-state index contributed by atoms with van der Waals surface area (Å²) in [7, 11) is 3.95. The third kappa shape index (κ3) is 4.53. The molecule has 0 amide bonds. The molecule has 2 rings (SSSR count). The van der Waals surface area contributed by atoms with E-state index in [2.05, 4.69) is 0 Å². The molecule has 4 heteroatoms. The van der Waals surface area contributed by atoms with Crippen LogP contribution in [0.1, 0.15) is 30.5 Å². The third-order valence-electron chi connectivity index (χ3n) is 4.80. The van der Waals surface area contributed by atoms with Crippen molar-refractivity contribution in [2.45, 2.75) is 26.4 Å². The van der Waals surface area contributed by atoms with Crippen molar-refractivity contribution in [2.75, 3.05) is 20.6 Å². The van der Waals surface area contributed by atoms with E-state index in [0.29, 0.717) is 22.7 Å². The molecule has 0 saturated heterocycles. The van der Waals surface area contributed by atoms with Crippen molar-refractivity contribution in [3.63, 3.8) is 0 Å². The summed E-state index contributed by atoms with van der Waals surface area (Å²) in [6.07, 6.45) is 1.96. The quantitative estimate of drug-likeness (QED) is 0.742. The van der Waals surface area contributed by atoms with Gasteiger partial charge in [-0.1, -0.05) is 42.8 Å². The summed E-state index contributed by atoms with van der Waals surface area (Å²) in [6.45, 7) is 6.34. The molecule has 2 aromatic rings. The van der Waals surface area contributed by atoms with Crippen LogP contribution in [-0.4, -0.2) is 30.6 Å². The van der Waals surface area contributed by atoms with Crippen molar-refractivity contribution in [3.05, 3.63) is 75.6 Å². The van der Waals surface area contributed by atoms with E-state index in [9.17, 15) is 9.50 Å². The molecule has 2 aromatic carbocycles. The summed E-state index contributed by atoms with van der Waals surface area (Å²) in [5, 5.41) is 12.4. The highest BCUT2D eigenvalue weighted by Gasteiger charge is 2.38. The van der Waals surface area contributed by atoms with Crippen molar-refractivity contribution in [2.24, 2.45) is 5.92 Å². The number of halogens is 2. The molecule has 0 radical (unpaired) electrons. The molecular formula is C22H27ClFNO. The van der Waals surface area contributed by atoms with E-state index in [1.165, 1.54) is 6.07 Å². The minimum Gasteiger partial charge on any atom is -0.380 e. The Balaban J connectivity index is 2.54. The van der Waals surface area contributed by atoms with Crippen molar-refractivity contribution in [1.82, 2.24) is 4.90 Å². The monoisotopic (exact) mass is 375 g/mol. The topological polar surface area (TPSA) is 23.5 Å². The fourth-order valence-electron chi connectivity index (χ4n) is 3.38. The number of benzene rings is 2. The Bertz CT molecular complexity index is 785. The summed E-state index contributed by atoms with van der Waals surface area (Å²) < 4.78 is 13.8. The predicted octanol–water partition coefficient (Wildman–Crippen LogP) is 5.28. The molecular weight excluding hydrogens is 349 g/mol. The van der Waals surface area contributed by atoms with Gasteiger partial charge in [0.1, 0.15) is 11.4 Å². The van der Waals surface area contributed by atoms with Gasteiger partial charge >= 0.3 is 0 Å². The first-order chi connectivity index (χ1) is 12.1. The number of hydrogen-bond donors (Lipinski definition) is 1. The number of hydrogen-bond acceptors (Lipinski definition) is 2. The Labute approximate surface area is 160 Å². The first-order valence-corrected chi connectivity index (χ1v) is 9.10. The minimum absolute atomic E-state index is 0.0917. The zero-order chi connectivity index (χ0) is 19.5. The fourth-order valence-corrected chi connectivity index (χ4v) is 3.51. The van der Waals surface area contributed by atoms with Gasteiger partial charge in [0.15, 0.2) is 0 Å². The van der Waals surface area contributed by atoms with E-state index in [0.717, 1.165) is 11.1 Å². The van der Waals surface area contributed by atoms with E-state index in [-0.39, 0.29) is 11.7 Å². The van der Waals surface area contributed by atoms with Crippen molar-refractivity contribution in [1.29, 1.82) is 0 Å². The van der Waals surface area contributed by atoms with Gasteiger partial charge < -0.3 is 10.0 Å². The van der Waals surface area contributed by atoms with Crippen molar-refractivity contribution in [3.8, 4) is 0 Å². The summed E-state index contributed by atoms with van der Waals surface area (Å²) in [5.74, 6) is -0.360. The molecule has 2 nitrogen and oxygen atoms in total. The van der Waals surface area contributed by atoms with Crippen LogP contribution in [0.5, 0.6) is 0 Å². The highest BCUT2D eigenvalue weighted by molar-refractivity contribution is 6.30. The van der Waals surface area contributed by atoms with Crippen LogP contribution in [0.3, 0.4) is 0 Å². The van der Waals surface area contributed by atoms with E-state index < -0.39 is 5.60 Å². The van der Waals surface area contributed by atoms with Crippen LogP contribution >= 0.6 is 11.6 Å². The van der Waals surface area contributed by atoms with Gasteiger partial charge in [0.25, 0.3) is 0 Å². The maximum Gasteiger partial charge on any atom is 0.126 e. The van der Waals surface area contributed by atoms with Crippen molar-refractivity contribution < 1.29 is 9.50 Å². The number of nitrogens with zero attached hydrogens (tertiary/aromatic N) is 1. The summed E-state index contributed by atoms with van der Waals surface area (Å²) in [6, 6.07) is 12.3. The molecule has 0 fully saturated rings. The Morgan fingerprint density at radius 2 is 1.85 bits per heavy atom. The highest BCUT2D eigenvalue weighted by Crippen LogP contribution is 2.38. The van der Waals surface area contributed by atoms with Gasteiger partial charge in [-0.05, 0) is 74.5 Å². The zero-order valence-electron chi connectivity index (χ0n) is 16.1. The number of aryl methyl sites for hydroxylation is 1. The van der Waals surface area contributed by atoms with Crippen LogP contribution in [0.2, 0.25) is 5.02 Å². The molecule has 0 heterocycles. The van der Waals surface area contributed by atoms with E-state index in [1.807, 2.05) is 63.2 Å². The molecule has 26 heavy (non-hydrogen) atoms. The van der Waals surface area contributed by atoms with Crippen LogP contribution in [0.4, 0.5) is 4.39 Å². The lowest BCUT2D eigenvalue weighted by atomic mass is 9.76. The highest BCUT2D eigenvalue weighted by atomic mass is 35.5. The summed E-state index contributed by atoms with van der Waals surface area (Å²) in [4.78, 5) is 2.04. The molecule has 0 aliphatic carbocycles. The van der Waals surface area contributed by atoms with Crippen LogP contribution in [0.15, 0.2) is 48.0 Å². The largest absolute Gasteiger partial charge is 0.380 e. The van der Waals surface area contributed by atoms with E-state index in [1.54, 1.807) is 19.1 Å². The molecule has 0 aromatic heterocycles. The first kappa shape index (κ1) is 20.6. The first-order valence-electron chi connectivity index (χ1n) is 8.72. The van der Waals surface area contributed by atoms with E-state index in [4.69, 9.17) is 11.6 Å². The third-order valence-corrected chi connectivity index (χ3v) is 5.06. The fraction of sp³-hybridized carbons (Fsp3) is 0.364. The molecule has 2 atom stereocenters. The Hall–Kier alpha value is -1.68. The van der Waals surface area contributed by atoms with Crippen LogP contribution in [0, 0.1) is 18.7 Å². The maximum absolute atomic E-state index is 13.8. The van der Waals surface area contributed by atoms with Gasteiger partial charge in [-0.2, -0.15) is 0 Å². The van der Waals surface area contributed by atoms with Gasteiger partial charge in [-0.25, -0.2) is 4.39 Å². The Morgan fingerprint density at radius 3 is 2.38 bits per heavy atom. The molecule has 0 bridgehead atoms. The summed E-state index contributed by atoms with van der Waals surface area (Å²) in [5.41, 5.74) is 1.79. The lowest BCUT2D eigenvalue weighted by Gasteiger charge is -2.37. The second-order valence-corrected chi connectivity index (χ2v) is 7.71. The van der Waals surface area contributed by atoms with Gasteiger partial charge in [0, 0.05) is 17.5 Å². The molecule has 1 N–H and O–H groups in total.